The van der Waals surface area contributed by atoms with Crippen molar-refractivity contribution in [2.45, 2.75) is 31.2 Å². The predicted octanol–water partition coefficient (Wildman–Crippen LogP) is 3.07. The fourth-order valence-electron chi connectivity index (χ4n) is 1.66. The number of nitrogens with two attached hydrogens (primary N) is 1. The van der Waals surface area contributed by atoms with Gasteiger partial charge in [-0.2, -0.15) is 5.26 Å². The molecule has 0 bridgehead atoms. The van der Waals surface area contributed by atoms with Crippen LogP contribution in [0.25, 0.3) is 0 Å². The van der Waals surface area contributed by atoms with Gasteiger partial charge in [0.15, 0.2) is 0 Å². The highest BCUT2D eigenvalue weighted by molar-refractivity contribution is 7.98. The van der Waals surface area contributed by atoms with Crippen LogP contribution in [0.4, 0.5) is 5.69 Å². The highest BCUT2D eigenvalue weighted by Gasteiger charge is 2.27. The number of nitriles is 1. The van der Waals surface area contributed by atoms with Crippen molar-refractivity contribution >= 4 is 17.4 Å². The van der Waals surface area contributed by atoms with Crippen molar-refractivity contribution in [3.05, 3.63) is 23.8 Å². The van der Waals surface area contributed by atoms with E-state index in [-0.39, 0.29) is 5.54 Å². The monoisotopic (exact) mass is 263 g/mol. The lowest BCUT2D eigenvalue weighted by molar-refractivity contribution is 0.382. The molecule has 0 saturated carbocycles. The van der Waals surface area contributed by atoms with Gasteiger partial charge in [0.2, 0.25) is 0 Å². The molecule has 0 aliphatic rings. The number of nitrogens with one attached hydrogen (secondary N) is 1. The summed E-state index contributed by atoms with van der Waals surface area (Å²) >= 11 is 1.58. The number of hydrogen-bond acceptors (Lipinski definition) is 4. The molecule has 1 aromatic carbocycles. The summed E-state index contributed by atoms with van der Waals surface area (Å²) in [5.74, 6) is 0.381. The molecule has 3 nitrogen and oxygen atoms in total. The second-order valence-corrected chi connectivity index (χ2v) is 5.74. The molecule has 0 saturated heterocycles. The Morgan fingerprint density at radius 1 is 1.50 bits per heavy atom. The number of nitrogens with zero attached hydrogens (tertiary/aromatic N) is 1. The minimum Gasteiger partial charge on any atom is -0.377 e. The van der Waals surface area contributed by atoms with Crippen LogP contribution in [0.3, 0.4) is 0 Å². The number of rotatable bonds is 5. The highest BCUT2D eigenvalue weighted by atomic mass is 32.2. The molecule has 0 heterocycles. The first-order chi connectivity index (χ1) is 8.48. The summed E-state index contributed by atoms with van der Waals surface area (Å²) in [4.78, 5) is 0.991. The normalized spacial score (nSPS) is 14.1. The third kappa shape index (κ3) is 2.98. The Morgan fingerprint density at radius 2 is 2.17 bits per heavy atom. The van der Waals surface area contributed by atoms with Gasteiger partial charge in [-0.1, -0.05) is 19.9 Å². The lowest BCUT2D eigenvalue weighted by Crippen LogP contribution is -2.47. The van der Waals surface area contributed by atoms with Gasteiger partial charge in [-0.15, -0.1) is 11.8 Å². The molecular weight excluding hydrogens is 242 g/mol. The van der Waals surface area contributed by atoms with Gasteiger partial charge in [-0.3, -0.25) is 0 Å². The third-order valence-corrected chi connectivity index (χ3v) is 4.26. The smallest absolute Gasteiger partial charge is 0.102 e. The standard InChI is InChI=1S/C14H21N3S/c1-10(2)14(3,9-16)17-12-6-5-7-13(18-4)11(12)8-15/h5-7,10,17H,9,16H2,1-4H3. The van der Waals surface area contributed by atoms with E-state index in [1.54, 1.807) is 11.8 Å². The van der Waals surface area contributed by atoms with Gasteiger partial charge >= 0.3 is 0 Å². The van der Waals surface area contributed by atoms with Crippen LogP contribution in [0.15, 0.2) is 23.1 Å². The fraction of sp³-hybridized carbons (Fsp3) is 0.500. The molecule has 0 spiro atoms. The molecule has 1 aromatic rings. The van der Waals surface area contributed by atoms with Crippen LogP contribution < -0.4 is 11.1 Å². The number of thioether (sulfide) groups is 1. The minimum absolute atomic E-state index is 0.206. The van der Waals surface area contributed by atoms with Crippen molar-refractivity contribution in [1.82, 2.24) is 0 Å². The summed E-state index contributed by atoms with van der Waals surface area (Å²) in [6, 6.07) is 8.14. The molecule has 1 atom stereocenters. The quantitative estimate of drug-likeness (QED) is 0.801. The maximum atomic E-state index is 9.30. The van der Waals surface area contributed by atoms with Gasteiger partial charge in [0.05, 0.1) is 11.3 Å². The first-order valence-electron chi connectivity index (χ1n) is 6.04. The van der Waals surface area contributed by atoms with Gasteiger partial charge in [-0.05, 0) is 31.2 Å². The Balaban J connectivity index is 3.16. The minimum atomic E-state index is -0.206. The van der Waals surface area contributed by atoms with Gasteiger partial charge < -0.3 is 11.1 Å². The van der Waals surface area contributed by atoms with Crippen LogP contribution in [-0.4, -0.2) is 18.3 Å². The topological polar surface area (TPSA) is 61.8 Å². The Kier molecular flexibility index (Phi) is 5.06. The van der Waals surface area contributed by atoms with E-state index in [0.717, 1.165) is 10.6 Å². The van der Waals surface area contributed by atoms with Crippen LogP contribution >= 0.6 is 11.8 Å². The van der Waals surface area contributed by atoms with Crippen LogP contribution in [0.1, 0.15) is 26.3 Å². The van der Waals surface area contributed by atoms with Crippen molar-refractivity contribution < 1.29 is 0 Å². The molecule has 4 heteroatoms. The summed E-state index contributed by atoms with van der Waals surface area (Å²) in [6.45, 7) is 6.87. The summed E-state index contributed by atoms with van der Waals surface area (Å²) < 4.78 is 0. The molecule has 0 fully saturated rings. The summed E-state index contributed by atoms with van der Waals surface area (Å²) in [5, 5.41) is 12.7. The highest BCUT2D eigenvalue weighted by Crippen LogP contribution is 2.30. The van der Waals surface area contributed by atoms with Gasteiger partial charge in [-0.25, -0.2) is 0 Å². The van der Waals surface area contributed by atoms with E-state index in [1.807, 2.05) is 24.5 Å². The number of benzene rings is 1. The van der Waals surface area contributed by atoms with Gasteiger partial charge in [0, 0.05) is 17.0 Å². The van der Waals surface area contributed by atoms with E-state index < -0.39 is 0 Å². The summed E-state index contributed by atoms with van der Waals surface area (Å²) in [5.41, 5.74) is 7.23. The Labute approximate surface area is 114 Å². The lowest BCUT2D eigenvalue weighted by Gasteiger charge is -2.35. The Morgan fingerprint density at radius 3 is 2.61 bits per heavy atom. The second kappa shape index (κ2) is 6.12. The van der Waals surface area contributed by atoms with E-state index in [2.05, 4.69) is 32.2 Å². The van der Waals surface area contributed by atoms with Crippen molar-refractivity contribution in [1.29, 1.82) is 5.26 Å². The largest absolute Gasteiger partial charge is 0.377 e. The average molecular weight is 263 g/mol. The molecule has 1 unspecified atom stereocenters. The number of anilines is 1. The summed E-state index contributed by atoms with van der Waals surface area (Å²) in [7, 11) is 0. The molecule has 18 heavy (non-hydrogen) atoms. The van der Waals surface area contributed by atoms with Crippen molar-refractivity contribution in [3.63, 3.8) is 0 Å². The van der Waals surface area contributed by atoms with E-state index in [0.29, 0.717) is 18.0 Å². The molecule has 1 rings (SSSR count). The molecule has 0 aliphatic heterocycles. The van der Waals surface area contributed by atoms with Crippen molar-refractivity contribution in [2.75, 3.05) is 18.1 Å². The maximum Gasteiger partial charge on any atom is 0.102 e. The van der Waals surface area contributed by atoms with Crippen LogP contribution in [0.2, 0.25) is 0 Å². The SMILES string of the molecule is CSc1cccc(NC(C)(CN)C(C)C)c1C#N. The zero-order chi connectivity index (χ0) is 13.8. The average Bonchev–Trinajstić information content (AvgIpc) is 2.37. The zero-order valence-electron chi connectivity index (χ0n) is 11.4. The maximum absolute atomic E-state index is 9.30. The molecular formula is C14H21N3S. The molecule has 98 valence electrons. The Bertz CT molecular complexity index is 451. The van der Waals surface area contributed by atoms with Crippen LogP contribution in [0.5, 0.6) is 0 Å². The molecule has 0 radical (unpaired) electrons. The van der Waals surface area contributed by atoms with E-state index >= 15 is 0 Å². The molecule has 0 aromatic heterocycles. The molecule has 3 N–H and O–H groups in total. The first kappa shape index (κ1) is 14.9. The van der Waals surface area contributed by atoms with Crippen molar-refractivity contribution in [3.8, 4) is 6.07 Å². The summed E-state index contributed by atoms with van der Waals surface area (Å²) in [6.07, 6.45) is 1.98. The fourth-order valence-corrected chi connectivity index (χ4v) is 2.23. The van der Waals surface area contributed by atoms with Crippen LogP contribution in [0, 0.1) is 17.2 Å². The van der Waals surface area contributed by atoms with Crippen LogP contribution in [-0.2, 0) is 0 Å². The lowest BCUT2D eigenvalue weighted by atomic mass is 9.88. The number of hydrogen-bond donors (Lipinski definition) is 2. The Hall–Kier alpha value is -1.18. The molecule has 0 aliphatic carbocycles. The van der Waals surface area contributed by atoms with Gasteiger partial charge in [0.25, 0.3) is 0 Å². The predicted molar refractivity (Wildman–Crippen MR) is 78.9 cm³/mol. The van der Waals surface area contributed by atoms with E-state index in [1.165, 1.54) is 0 Å². The van der Waals surface area contributed by atoms with E-state index in [9.17, 15) is 5.26 Å². The molecule has 0 amide bonds. The second-order valence-electron chi connectivity index (χ2n) is 4.90. The van der Waals surface area contributed by atoms with Gasteiger partial charge in [0.1, 0.15) is 6.07 Å². The van der Waals surface area contributed by atoms with Crippen molar-refractivity contribution in [2.24, 2.45) is 11.7 Å². The third-order valence-electron chi connectivity index (χ3n) is 3.48. The first-order valence-corrected chi connectivity index (χ1v) is 7.26. The van der Waals surface area contributed by atoms with E-state index in [4.69, 9.17) is 5.73 Å². The zero-order valence-corrected chi connectivity index (χ0v) is 12.3.